The largest absolute Gasteiger partial charge is 1.00 e. The Morgan fingerprint density at radius 3 is 1.47 bits per heavy atom. The van der Waals surface area contributed by atoms with Crippen molar-refractivity contribution in [3.8, 4) is 11.5 Å². The summed E-state index contributed by atoms with van der Waals surface area (Å²) in [7, 11) is 0. The number of benzene rings is 4. The van der Waals surface area contributed by atoms with Crippen LogP contribution in [-0.2, 0) is 66.1 Å². The standard InChI is InChI=1S/C26H32ClNO3.C24H28ClNO3.Na.H2O/c1-3-5-6-19-7-8-21(24(27)11-19)16-31-23-10-9-20-13-26(14-22(20)12-23)17-28(18-26)15-25(29)30-4-2;1-2-3-4-17-5-6-19(22(25)9-17)14-29-21-8-7-18-11-24(12-20(18)10-21)15-26(16-24)13-23(27)28;;/h7-12H,3-6,13-18H2,1-2H3;5-10H,2-4,11-16H2,1H3,(H,27,28);;1H2/q;;+1;/p-1. The summed E-state index contributed by atoms with van der Waals surface area (Å²) in [5.74, 6) is 0.891. The molecule has 8 rings (SSSR count). The van der Waals surface area contributed by atoms with E-state index in [0.717, 1.165) is 97.4 Å². The Hall–Kier alpha value is -3.12. The van der Waals surface area contributed by atoms with Crippen LogP contribution in [-0.4, -0.2) is 78.2 Å². The predicted molar refractivity (Wildman–Crippen MR) is 240 cm³/mol. The molecular weight excluding hydrogens is 834 g/mol. The van der Waals surface area contributed by atoms with E-state index in [0.29, 0.717) is 26.4 Å². The monoisotopic (exact) mass is 894 g/mol. The molecule has 0 atom stereocenters. The Labute approximate surface area is 400 Å². The normalized spacial score (nSPS) is 16.4. The first-order valence-corrected chi connectivity index (χ1v) is 22.6. The Morgan fingerprint density at radius 2 is 1.06 bits per heavy atom. The second-order valence-electron chi connectivity index (χ2n) is 17.7. The third-order valence-electron chi connectivity index (χ3n) is 12.5. The van der Waals surface area contributed by atoms with Gasteiger partial charge in [-0.05, 0) is 128 Å². The number of carboxylic acid groups (broad SMARTS) is 1. The smallest absolute Gasteiger partial charge is 0.870 e. The molecule has 9 nitrogen and oxygen atoms in total. The third-order valence-corrected chi connectivity index (χ3v) is 13.2. The fourth-order valence-electron chi connectivity index (χ4n) is 9.67. The van der Waals surface area contributed by atoms with Crippen molar-refractivity contribution in [2.45, 2.75) is 98.2 Å². The van der Waals surface area contributed by atoms with Crippen molar-refractivity contribution in [1.29, 1.82) is 0 Å². The SMILES string of the molecule is CCCCc1ccc(COc2ccc3c(c2)CC2(C3)CN(CC(=O)O)C2)c(Cl)c1.CCCCc1ccc(COc2ccc3c(c2)CC2(C3)CN(CC(=O)OCC)C2)c(Cl)c1.[Na+].[OH-]. The number of hydrogen-bond donors (Lipinski definition) is 1. The summed E-state index contributed by atoms with van der Waals surface area (Å²) in [4.78, 5) is 26.8. The van der Waals surface area contributed by atoms with Crippen molar-refractivity contribution in [1.82, 2.24) is 9.80 Å². The maximum Gasteiger partial charge on any atom is 1.00 e. The van der Waals surface area contributed by atoms with E-state index in [1.54, 1.807) is 0 Å². The van der Waals surface area contributed by atoms with Crippen LogP contribution in [0.2, 0.25) is 10.0 Å². The molecule has 0 bridgehead atoms. The number of halogens is 2. The first-order chi connectivity index (χ1) is 29.0. The number of ether oxygens (including phenoxy) is 3. The maximum atomic E-state index is 11.7. The number of rotatable bonds is 17. The quantitative estimate of drug-likeness (QED) is 0.0903. The molecule has 0 unspecified atom stereocenters. The average Bonchev–Trinajstić information content (AvgIpc) is 3.77. The van der Waals surface area contributed by atoms with Gasteiger partial charge in [-0.25, -0.2) is 0 Å². The average molecular weight is 896 g/mol. The molecule has 328 valence electrons. The number of fused-ring (bicyclic) bond motifs is 2. The number of carbonyl (C=O) groups excluding carboxylic acids is 1. The van der Waals surface area contributed by atoms with Crippen LogP contribution in [0.15, 0.2) is 72.8 Å². The molecule has 4 aromatic rings. The second kappa shape index (κ2) is 22.7. The van der Waals surface area contributed by atoms with Gasteiger partial charge < -0.3 is 24.8 Å². The van der Waals surface area contributed by atoms with Gasteiger partial charge in [0.2, 0.25) is 0 Å². The number of carboxylic acids is 1. The van der Waals surface area contributed by atoms with Crippen molar-refractivity contribution in [2.24, 2.45) is 10.8 Å². The zero-order chi connectivity index (χ0) is 42.3. The molecule has 4 aromatic carbocycles. The van der Waals surface area contributed by atoms with E-state index in [4.69, 9.17) is 42.5 Å². The maximum absolute atomic E-state index is 11.7. The van der Waals surface area contributed by atoms with Crippen LogP contribution in [0.4, 0.5) is 0 Å². The number of esters is 1. The Kier molecular flexibility index (Phi) is 18.2. The molecule has 2 saturated heterocycles. The number of unbranched alkanes of at least 4 members (excludes halogenated alkanes) is 2. The van der Waals surface area contributed by atoms with Crippen molar-refractivity contribution >= 4 is 35.1 Å². The van der Waals surface area contributed by atoms with Crippen LogP contribution in [0.3, 0.4) is 0 Å². The van der Waals surface area contributed by atoms with E-state index in [2.05, 4.69) is 85.5 Å². The first-order valence-electron chi connectivity index (χ1n) is 21.8. The van der Waals surface area contributed by atoms with Crippen LogP contribution < -0.4 is 39.0 Å². The Balaban J connectivity index is 0.000000227. The van der Waals surface area contributed by atoms with Crippen LogP contribution >= 0.6 is 23.2 Å². The molecule has 2 aliphatic heterocycles. The minimum absolute atomic E-state index is 0. The van der Waals surface area contributed by atoms with Gasteiger partial charge in [0.15, 0.2) is 0 Å². The number of nitrogens with zero attached hydrogens (tertiary/aromatic N) is 2. The molecule has 2 heterocycles. The van der Waals surface area contributed by atoms with Crippen molar-refractivity contribution < 1.29 is 63.9 Å². The van der Waals surface area contributed by atoms with Crippen LogP contribution in [0.1, 0.15) is 91.0 Å². The van der Waals surface area contributed by atoms with Gasteiger partial charge in [-0.2, -0.15) is 0 Å². The minimum Gasteiger partial charge on any atom is -0.870 e. The van der Waals surface area contributed by atoms with E-state index >= 15 is 0 Å². The summed E-state index contributed by atoms with van der Waals surface area (Å²) in [6.07, 6.45) is 11.0. The zero-order valence-electron chi connectivity index (χ0n) is 36.9. The van der Waals surface area contributed by atoms with Gasteiger partial charge in [-0.1, -0.05) is 86.3 Å². The Morgan fingerprint density at radius 1 is 0.629 bits per heavy atom. The summed E-state index contributed by atoms with van der Waals surface area (Å²) >= 11 is 12.9. The van der Waals surface area contributed by atoms with Gasteiger partial charge in [0.25, 0.3) is 0 Å². The van der Waals surface area contributed by atoms with Crippen molar-refractivity contribution in [3.05, 3.63) is 127 Å². The molecule has 12 heteroatoms. The molecule has 0 amide bonds. The van der Waals surface area contributed by atoms with Crippen LogP contribution in [0.5, 0.6) is 11.5 Å². The first kappa shape index (κ1) is 49.9. The van der Waals surface area contributed by atoms with Crippen LogP contribution in [0, 0.1) is 10.8 Å². The number of aryl methyl sites for hydroxylation is 2. The molecule has 2 aliphatic carbocycles. The topological polar surface area (TPSA) is 119 Å². The fraction of sp³-hybridized carbons (Fsp3) is 0.480. The summed E-state index contributed by atoms with van der Waals surface area (Å²) in [5.41, 5.74) is 10.6. The Bertz CT molecular complexity index is 2150. The zero-order valence-corrected chi connectivity index (χ0v) is 40.5. The molecule has 0 aromatic heterocycles. The molecule has 0 radical (unpaired) electrons. The molecule has 2 fully saturated rings. The summed E-state index contributed by atoms with van der Waals surface area (Å²) < 4.78 is 17.2. The van der Waals surface area contributed by atoms with E-state index in [1.807, 2.05) is 17.9 Å². The van der Waals surface area contributed by atoms with E-state index < -0.39 is 5.97 Å². The van der Waals surface area contributed by atoms with E-state index in [-0.39, 0.29) is 58.4 Å². The van der Waals surface area contributed by atoms with Gasteiger partial charge in [0.1, 0.15) is 24.7 Å². The molecule has 62 heavy (non-hydrogen) atoms. The second-order valence-corrected chi connectivity index (χ2v) is 18.5. The predicted octanol–water partition coefficient (Wildman–Crippen LogP) is 6.80. The summed E-state index contributed by atoms with van der Waals surface area (Å²) in [5, 5.41) is 10.5. The molecule has 4 aliphatic rings. The van der Waals surface area contributed by atoms with Gasteiger partial charge in [0.05, 0.1) is 19.7 Å². The molecule has 0 saturated carbocycles. The van der Waals surface area contributed by atoms with E-state index in [1.165, 1.54) is 59.1 Å². The van der Waals surface area contributed by atoms with Gasteiger partial charge in [-0.15, -0.1) is 0 Å². The van der Waals surface area contributed by atoms with Crippen LogP contribution in [0.25, 0.3) is 0 Å². The van der Waals surface area contributed by atoms with Crippen molar-refractivity contribution in [2.75, 3.05) is 45.9 Å². The van der Waals surface area contributed by atoms with Gasteiger partial charge >= 0.3 is 41.5 Å². The number of hydrogen-bond acceptors (Lipinski definition) is 8. The third kappa shape index (κ3) is 12.8. The summed E-state index contributed by atoms with van der Waals surface area (Å²) in [6, 6.07) is 25.4. The van der Waals surface area contributed by atoms with E-state index in [9.17, 15) is 9.59 Å². The number of likely N-dealkylation sites (tertiary alicyclic amines) is 2. The van der Waals surface area contributed by atoms with Crippen molar-refractivity contribution in [3.63, 3.8) is 0 Å². The van der Waals surface area contributed by atoms with Gasteiger partial charge in [0, 0.05) is 58.2 Å². The van der Waals surface area contributed by atoms with Gasteiger partial charge in [-0.3, -0.25) is 19.4 Å². The summed E-state index contributed by atoms with van der Waals surface area (Å²) in [6.45, 7) is 11.8. The molecular formula is C50H61Cl2N2NaO7. The molecule has 2 N–H and O–H groups in total. The fourth-order valence-corrected chi connectivity index (χ4v) is 10.2. The molecule has 2 spiro atoms. The minimum atomic E-state index is -0.747. The number of carbonyl (C=O) groups is 2. The number of aliphatic carboxylic acids is 1.